The van der Waals surface area contributed by atoms with Crippen LogP contribution in [0.3, 0.4) is 0 Å². The molecule has 0 radical (unpaired) electrons. The molecular formula is C14H11Cl2NO2S2. The lowest BCUT2D eigenvalue weighted by atomic mass is 10.2. The van der Waals surface area contributed by atoms with Gasteiger partial charge >= 0.3 is 0 Å². The Balaban J connectivity index is 2.35. The fourth-order valence-electron chi connectivity index (χ4n) is 1.80. The zero-order valence-corrected chi connectivity index (χ0v) is 14.2. The summed E-state index contributed by atoms with van der Waals surface area (Å²) >= 11 is 18.6. The van der Waals surface area contributed by atoms with E-state index in [4.69, 9.17) is 40.2 Å². The molecule has 2 rings (SSSR count). The minimum Gasteiger partial charge on any atom is -0.494 e. The molecule has 0 atom stereocenters. The summed E-state index contributed by atoms with van der Waals surface area (Å²) in [5, 5.41) is 0.774. The Kier molecular flexibility index (Phi) is 5.32. The second kappa shape index (κ2) is 6.83. The van der Waals surface area contributed by atoms with Gasteiger partial charge in [-0.15, -0.1) is 6.58 Å². The molecule has 1 aromatic rings. The molecule has 1 heterocycles. The molecule has 3 nitrogen and oxygen atoms in total. The van der Waals surface area contributed by atoms with Gasteiger partial charge in [-0.1, -0.05) is 53.3 Å². The van der Waals surface area contributed by atoms with Crippen molar-refractivity contribution < 1.29 is 9.53 Å². The normalized spacial score (nSPS) is 16.7. The van der Waals surface area contributed by atoms with E-state index >= 15 is 0 Å². The summed E-state index contributed by atoms with van der Waals surface area (Å²) in [6, 6.07) is 3.37. The van der Waals surface area contributed by atoms with Crippen LogP contribution in [0.4, 0.5) is 0 Å². The minimum atomic E-state index is -0.145. The molecular weight excluding hydrogens is 349 g/mol. The van der Waals surface area contributed by atoms with Gasteiger partial charge in [-0.25, -0.2) is 0 Å². The number of benzene rings is 1. The molecule has 0 spiro atoms. The topological polar surface area (TPSA) is 29.5 Å². The molecule has 1 saturated heterocycles. The van der Waals surface area contributed by atoms with Crippen molar-refractivity contribution >= 4 is 63.5 Å². The van der Waals surface area contributed by atoms with E-state index in [9.17, 15) is 4.79 Å². The van der Waals surface area contributed by atoms with Crippen LogP contribution in [0.2, 0.25) is 10.0 Å². The highest BCUT2D eigenvalue weighted by Crippen LogP contribution is 2.37. The van der Waals surface area contributed by atoms with Crippen LogP contribution in [-0.4, -0.2) is 28.8 Å². The highest BCUT2D eigenvalue weighted by Gasteiger charge is 2.31. The van der Waals surface area contributed by atoms with E-state index < -0.39 is 0 Å². The Morgan fingerprint density at radius 2 is 2.05 bits per heavy atom. The van der Waals surface area contributed by atoms with Crippen LogP contribution in [-0.2, 0) is 4.79 Å². The van der Waals surface area contributed by atoms with Gasteiger partial charge in [0.1, 0.15) is 4.32 Å². The second-order valence-corrected chi connectivity index (χ2v) is 6.59. The number of halogens is 2. The van der Waals surface area contributed by atoms with Crippen LogP contribution in [0.1, 0.15) is 5.56 Å². The Morgan fingerprint density at radius 3 is 2.57 bits per heavy atom. The Hall–Kier alpha value is -1.01. The van der Waals surface area contributed by atoms with Gasteiger partial charge in [0, 0.05) is 6.54 Å². The van der Waals surface area contributed by atoms with Crippen molar-refractivity contribution in [3.05, 3.63) is 45.3 Å². The monoisotopic (exact) mass is 359 g/mol. The zero-order chi connectivity index (χ0) is 15.6. The van der Waals surface area contributed by atoms with Crippen LogP contribution in [0.25, 0.3) is 6.08 Å². The van der Waals surface area contributed by atoms with Crippen molar-refractivity contribution in [2.45, 2.75) is 0 Å². The van der Waals surface area contributed by atoms with Crippen molar-refractivity contribution in [3.63, 3.8) is 0 Å². The minimum absolute atomic E-state index is 0.145. The largest absolute Gasteiger partial charge is 0.494 e. The number of rotatable bonds is 4. The number of thiocarbonyl (C=S) groups is 1. The molecule has 110 valence electrons. The first kappa shape index (κ1) is 16.4. The molecule has 1 amide bonds. The lowest BCUT2D eigenvalue weighted by Crippen LogP contribution is -2.27. The summed E-state index contributed by atoms with van der Waals surface area (Å²) in [5.41, 5.74) is 0.713. The van der Waals surface area contributed by atoms with Crippen LogP contribution in [0.15, 0.2) is 29.7 Å². The Bertz CT molecular complexity index is 635. The highest BCUT2D eigenvalue weighted by atomic mass is 35.5. The molecule has 7 heteroatoms. The predicted molar refractivity (Wildman–Crippen MR) is 93.1 cm³/mol. The first-order chi connectivity index (χ1) is 9.97. The summed E-state index contributed by atoms with van der Waals surface area (Å²) in [4.78, 5) is 14.2. The third kappa shape index (κ3) is 3.43. The van der Waals surface area contributed by atoms with Crippen molar-refractivity contribution in [1.82, 2.24) is 4.90 Å². The van der Waals surface area contributed by atoms with Gasteiger partial charge in [0.2, 0.25) is 0 Å². The fourth-order valence-corrected chi connectivity index (χ4v) is 3.73. The molecule has 1 aliphatic rings. The number of methoxy groups -OCH3 is 1. The molecule has 0 bridgehead atoms. The van der Waals surface area contributed by atoms with E-state index in [0.29, 0.717) is 37.1 Å². The number of carbonyl (C=O) groups is 1. The van der Waals surface area contributed by atoms with Crippen molar-refractivity contribution in [2.24, 2.45) is 0 Å². The predicted octanol–water partition coefficient (Wildman–Crippen LogP) is 4.39. The van der Waals surface area contributed by atoms with Gasteiger partial charge in [-0.05, 0) is 23.8 Å². The maximum atomic E-state index is 12.2. The lowest BCUT2D eigenvalue weighted by Gasteiger charge is -2.10. The summed E-state index contributed by atoms with van der Waals surface area (Å²) in [6.45, 7) is 4.01. The molecule has 1 fully saturated rings. The molecule has 1 aromatic carbocycles. The Labute approximate surface area is 142 Å². The van der Waals surface area contributed by atoms with E-state index in [-0.39, 0.29) is 5.91 Å². The van der Waals surface area contributed by atoms with E-state index in [2.05, 4.69) is 6.58 Å². The van der Waals surface area contributed by atoms with Gasteiger partial charge in [0.15, 0.2) is 5.75 Å². The number of hydrogen-bond acceptors (Lipinski definition) is 4. The standard InChI is InChI=1S/C14H11Cl2NO2S2/c1-3-4-17-13(18)11(21-14(17)20)7-8-5-9(15)12(19-2)10(16)6-8/h3,5-7H,1,4H2,2H3/b11-7+. The molecule has 0 unspecified atom stereocenters. The van der Waals surface area contributed by atoms with Crippen LogP contribution >= 0.6 is 47.2 Å². The zero-order valence-electron chi connectivity index (χ0n) is 11.1. The van der Waals surface area contributed by atoms with Crippen molar-refractivity contribution in [3.8, 4) is 5.75 Å². The molecule has 0 aliphatic carbocycles. The summed E-state index contributed by atoms with van der Waals surface area (Å²) in [5.74, 6) is 0.266. The smallest absolute Gasteiger partial charge is 0.266 e. The maximum absolute atomic E-state index is 12.2. The van der Waals surface area contributed by atoms with Crippen molar-refractivity contribution in [1.29, 1.82) is 0 Å². The van der Waals surface area contributed by atoms with Gasteiger partial charge in [0.25, 0.3) is 5.91 Å². The maximum Gasteiger partial charge on any atom is 0.266 e. The third-order valence-corrected chi connectivity index (χ3v) is 4.65. The van der Waals surface area contributed by atoms with E-state index in [1.165, 1.54) is 23.8 Å². The molecule has 0 saturated carbocycles. The number of ether oxygens (including phenoxy) is 1. The molecule has 0 N–H and O–H groups in total. The first-order valence-electron chi connectivity index (χ1n) is 5.87. The third-order valence-electron chi connectivity index (χ3n) is 2.71. The number of amides is 1. The lowest BCUT2D eigenvalue weighted by molar-refractivity contribution is -0.121. The summed E-state index contributed by atoms with van der Waals surface area (Å²) in [7, 11) is 1.49. The quantitative estimate of drug-likeness (QED) is 0.453. The van der Waals surface area contributed by atoms with Gasteiger partial charge in [-0.2, -0.15) is 0 Å². The second-order valence-electron chi connectivity index (χ2n) is 4.10. The molecule has 21 heavy (non-hydrogen) atoms. The summed E-state index contributed by atoms with van der Waals surface area (Å²) < 4.78 is 5.60. The Morgan fingerprint density at radius 1 is 1.43 bits per heavy atom. The van der Waals surface area contributed by atoms with E-state index in [1.807, 2.05) is 0 Å². The van der Waals surface area contributed by atoms with E-state index in [1.54, 1.807) is 24.3 Å². The number of hydrogen-bond donors (Lipinski definition) is 0. The SMILES string of the molecule is C=CCN1C(=O)/C(=C\c2cc(Cl)c(OC)c(Cl)c2)SC1=S. The van der Waals surface area contributed by atoms with Gasteiger partial charge in [-0.3, -0.25) is 9.69 Å². The summed E-state index contributed by atoms with van der Waals surface area (Å²) in [6.07, 6.45) is 3.34. The number of thioether (sulfide) groups is 1. The van der Waals surface area contributed by atoms with Crippen LogP contribution in [0.5, 0.6) is 5.75 Å². The molecule has 1 aliphatic heterocycles. The average Bonchev–Trinajstić information content (AvgIpc) is 2.66. The van der Waals surface area contributed by atoms with Crippen LogP contribution < -0.4 is 4.74 Å². The van der Waals surface area contributed by atoms with E-state index in [0.717, 1.165) is 0 Å². The van der Waals surface area contributed by atoms with Crippen molar-refractivity contribution in [2.75, 3.05) is 13.7 Å². The highest BCUT2D eigenvalue weighted by molar-refractivity contribution is 8.26. The average molecular weight is 360 g/mol. The van der Waals surface area contributed by atoms with Gasteiger partial charge in [0.05, 0.1) is 22.1 Å². The molecule has 0 aromatic heterocycles. The van der Waals surface area contributed by atoms with Crippen LogP contribution in [0, 0.1) is 0 Å². The van der Waals surface area contributed by atoms with Gasteiger partial charge < -0.3 is 4.74 Å². The first-order valence-corrected chi connectivity index (χ1v) is 7.85. The number of carbonyl (C=O) groups excluding carboxylic acids is 1. The number of nitrogens with zero attached hydrogens (tertiary/aromatic N) is 1. The fraction of sp³-hybridized carbons (Fsp3) is 0.143.